The minimum Gasteiger partial charge on any atom is -0.463 e. The van der Waals surface area contributed by atoms with Crippen LogP contribution in [0.5, 0.6) is 5.88 Å². The van der Waals surface area contributed by atoms with Gasteiger partial charge in [-0.2, -0.15) is 10.4 Å². The first kappa shape index (κ1) is 23.0. The number of hydrogen-bond donors (Lipinski definition) is 2. The summed E-state index contributed by atoms with van der Waals surface area (Å²) in [6.07, 6.45) is 6.90. The van der Waals surface area contributed by atoms with Crippen LogP contribution in [0.15, 0.2) is 42.9 Å². The average molecular weight is 477 g/mol. The molecule has 5 rings (SSSR count). The quantitative estimate of drug-likeness (QED) is 0.437. The number of pyridine rings is 2. The highest BCUT2D eigenvalue weighted by molar-refractivity contribution is 5.71. The van der Waals surface area contributed by atoms with E-state index < -0.39 is 18.5 Å². The minimum absolute atomic E-state index is 0.0583. The Balaban J connectivity index is 1.45. The van der Waals surface area contributed by atoms with Gasteiger partial charge in [0.1, 0.15) is 17.4 Å². The molecule has 2 N–H and O–H groups in total. The Morgan fingerprint density at radius 3 is 2.69 bits per heavy atom. The van der Waals surface area contributed by atoms with Crippen LogP contribution >= 0.6 is 0 Å². The molecular formula is C25H25FN6O3. The molecule has 4 heterocycles. The first-order chi connectivity index (χ1) is 17.0. The van der Waals surface area contributed by atoms with Crippen molar-refractivity contribution in [1.29, 1.82) is 5.26 Å². The van der Waals surface area contributed by atoms with Gasteiger partial charge in [-0.25, -0.2) is 8.91 Å². The van der Waals surface area contributed by atoms with Crippen molar-refractivity contribution in [3.05, 3.63) is 65.6 Å². The normalized spacial score (nSPS) is 18.9. The molecule has 0 unspecified atom stereocenters. The monoisotopic (exact) mass is 476 g/mol. The zero-order valence-corrected chi connectivity index (χ0v) is 19.2. The third kappa shape index (κ3) is 4.36. The highest BCUT2D eigenvalue weighted by atomic mass is 19.1. The van der Waals surface area contributed by atoms with Crippen LogP contribution < -0.4 is 4.74 Å². The highest BCUT2D eigenvalue weighted by Crippen LogP contribution is 2.33. The van der Waals surface area contributed by atoms with Gasteiger partial charge in [-0.15, -0.1) is 5.10 Å². The van der Waals surface area contributed by atoms with Gasteiger partial charge in [-0.3, -0.25) is 9.67 Å². The standard InChI is InChI=1S/C25H25FN6O3/c1-15-21(12-29-32(15)18-4-6-19(34)7-5-18)16-2-9-23-20(10-27)25(30-31(23)13-16)35-24(14-33)22-8-3-17(26)11-28-22/h2-3,8-9,11-13,18-19,24,33-34H,4-7,14H2,1H3/t18?,19?,24-/m1/s1. The van der Waals surface area contributed by atoms with E-state index in [0.29, 0.717) is 11.2 Å². The van der Waals surface area contributed by atoms with E-state index >= 15 is 0 Å². The second kappa shape index (κ2) is 9.44. The number of aromatic nitrogens is 5. The Morgan fingerprint density at radius 2 is 2.00 bits per heavy atom. The molecule has 0 radical (unpaired) electrons. The van der Waals surface area contributed by atoms with Crippen LogP contribution in [-0.2, 0) is 0 Å². The van der Waals surface area contributed by atoms with E-state index in [9.17, 15) is 19.9 Å². The Kier molecular flexibility index (Phi) is 6.19. The van der Waals surface area contributed by atoms with E-state index in [-0.39, 0.29) is 23.6 Å². The van der Waals surface area contributed by atoms with Gasteiger partial charge in [0.2, 0.25) is 0 Å². The first-order valence-corrected chi connectivity index (χ1v) is 11.5. The summed E-state index contributed by atoms with van der Waals surface area (Å²) in [5.41, 5.74) is 3.98. The van der Waals surface area contributed by atoms with Gasteiger partial charge in [0.15, 0.2) is 6.10 Å². The molecule has 0 aromatic carbocycles. The number of aliphatic hydroxyl groups excluding tert-OH is 2. The van der Waals surface area contributed by atoms with Crippen molar-refractivity contribution in [2.24, 2.45) is 0 Å². The fraction of sp³-hybridized carbons (Fsp3) is 0.360. The number of fused-ring (bicyclic) bond motifs is 1. The maximum atomic E-state index is 13.2. The van der Waals surface area contributed by atoms with Crippen LogP contribution in [0.25, 0.3) is 16.6 Å². The molecule has 1 saturated carbocycles. The van der Waals surface area contributed by atoms with E-state index in [1.54, 1.807) is 10.6 Å². The minimum atomic E-state index is -0.901. The first-order valence-electron chi connectivity index (χ1n) is 11.5. The van der Waals surface area contributed by atoms with Crippen LogP contribution in [-0.4, -0.2) is 47.3 Å². The summed E-state index contributed by atoms with van der Waals surface area (Å²) in [6, 6.07) is 8.74. The topological polar surface area (TPSA) is 121 Å². The molecule has 0 aliphatic heterocycles. The summed E-state index contributed by atoms with van der Waals surface area (Å²) in [4.78, 5) is 3.96. The Hall–Kier alpha value is -3.81. The van der Waals surface area contributed by atoms with Crippen molar-refractivity contribution < 1.29 is 19.3 Å². The van der Waals surface area contributed by atoms with Gasteiger partial charge in [-0.05, 0) is 50.8 Å². The summed E-state index contributed by atoms with van der Waals surface area (Å²) < 4.78 is 22.7. The van der Waals surface area contributed by atoms with Crippen molar-refractivity contribution in [1.82, 2.24) is 24.4 Å². The van der Waals surface area contributed by atoms with Crippen LogP contribution in [0.4, 0.5) is 4.39 Å². The fourth-order valence-electron chi connectivity index (χ4n) is 4.66. The van der Waals surface area contributed by atoms with Gasteiger partial charge < -0.3 is 14.9 Å². The molecular weight excluding hydrogens is 451 g/mol. The lowest BCUT2D eigenvalue weighted by Crippen LogP contribution is -2.22. The Bertz CT molecular complexity index is 1380. The van der Waals surface area contributed by atoms with Gasteiger partial charge in [0.05, 0.1) is 42.4 Å². The molecule has 0 spiro atoms. The van der Waals surface area contributed by atoms with Gasteiger partial charge in [-0.1, -0.05) is 6.07 Å². The lowest BCUT2D eigenvalue weighted by Gasteiger charge is -2.26. The summed E-state index contributed by atoms with van der Waals surface area (Å²) in [7, 11) is 0. The average Bonchev–Trinajstić information content (AvgIpc) is 3.42. The van der Waals surface area contributed by atoms with E-state index in [1.807, 2.05) is 30.1 Å². The fourth-order valence-corrected chi connectivity index (χ4v) is 4.66. The largest absolute Gasteiger partial charge is 0.463 e. The Morgan fingerprint density at radius 1 is 1.20 bits per heavy atom. The molecule has 9 nitrogen and oxygen atoms in total. The van der Waals surface area contributed by atoms with Crippen LogP contribution in [0.3, 0.4) is 0 Å². The lowest BCUT2D eigenvalue weighted by molar-refractivity contribution is 0.107. The number of nitriles is 1. The molecule has 1 aliphatic rings. The molecule has 4 aromatic rings. The maximum Gasteiger partial charge on any atom is 0.252 e. The predicted molar refractivity (Wildman–Crippen MR) is 124 cm³/mol. The van der Waals surface area contributed by atoms with E-state index in [0.717, 1.165) is 48.7 Å². The van der Waals surface area contributed by atoms with Crippen LogP contribution in [0.1, 0.15) is 54.8 Å². The van der Waals surface area contributed by atoms with Crippen molar-refractivity contribution in [2.75, 3.05) is 6.61 Å². The molecule has 0 bridgehead atoms. The third-order valence-corrected chi connectivity index (χ3v) is 6.58. The van der Waals surface area contributed by atoms with E-state index in [4.69, 9.17) is 4.74 Å². The van der Waals surface area contributed by atoms with Crippen molar-refractivity contribution >= 4 is 5.52 Å². The molecule has 1 atom stereocenters. The SMILES string of the molecule is Cc1c(-c2ccc3c(C#N)c(O[C@H](CO)c4ccc(F)cn4)nn3c2)cnn1C1CCC(O)CC1. The number of hydrogen-bond acceptors (Lipinski definition) is 7. The summed E-state index contributed by atoms with van der Waals surface area (Å²) in [5.74, 6) is -0.439. The molecule has 1 fully saturated rings. The highest BCUT2D eigenvalue weighted by Gasteiger charge is 2.24. The number of ether oxygens (including phenoxy) is 1. The molecule has 1 aliphatic carbocycles. The number of aliphatic hydroxyl groups is 2. The van der Waals surface area contributed by atoms with E-state index in [1.165, 1.54) is 12.1 Å². The molecule has 0 amide bonds. The van der Waals surface area contributed by atoms with Crippen LogP contribution in [0, 0.1) is 24.1 Å². The van der Waals surface area contributed by atoms with Crippen LogP contribution in [0.2, 0.25) is 0 Å². The molecule has 4 aromatic heterocycles. The van der Waals surface area contributed by atoms with Crippen molar-refractivity contribution in [3.63, 3.8) is 0 Å². The maximum absolute atomic E-state index is 13.2. The molecule has 35 heavy (non-hydrogen) atoms. The summed E-state index contributed by atoms with van der Waals surface area (Å²) in [6.45, 7) is 1.61. The summed E-state index contributed by atoms with van der Waals surface area (Å²) in [5, 5.41) is 38.4. The third-order valence-electron chi connectivity index (χ3n) is 6.58. The second-order valence-electron chi connectivity index (χ2n) is 8.78. The summed E-state index contributed by atoms with van der Waals surface area (Å²) >= 11 is 0. The van der Waals surface area contributed by atoms with Gasteiger partial charge in [0, 0.05) is 23.0 Å². The second-order valence-corrected chi connectivity index (χ2v) is 8.78. The zero-order chi connectivity index (χ0) is 24.5. The van der Waals surface area contributed by atoms with Gasteiger partial charge >= 0.3 is 0 Å². The number of rotatable bonds is 6. The Labute approximate surface area is 201 Å². The van der Waals surface area contributed by atoms with Crippen molar-refractivity contribution in [3.8, 4) is 23.1 Å². The lowest BCUT2D eigenvalue weighted by atomic mass is 9.93. The van der Waals surface area contributed by atoms with Crippen molar-refractivity contribution in [2.45, 2.75) is 50.9 Å². The molecule has 0 saturated heterocycles. The smallest absolute Gasteiger partial charge is 0.252 e. The number of halogens is 1. The predicted octanol–water partition coefficient (Wildman–Crippen LogP) is 3.50. The molecule has 10 heteroatoms. The molecule has 180 valence electrons. The van der Waals surface area contributed by atoms with E-state index in [2.05, 4.69) is 21.3 Å². The zero-order valence-electron chi connectivity index (χ0n) is 19.2. The van der Waals surface area contributed by atoms with Gasteiger partial charge in [0.25, 0.3) is 5.88 Å². The number of nitrogens with zero attached hydrogens (tertiary/aromatic N) is 6.